The van der Waals surface area contributed by atoms with Crippen LogP contribution in [0.1, 0.15) is 0 Å². The Morgan fingerprint density at radius 2 is 2.18 bits per heavy atom. The number of nitrogens with two attached hydrogens (primary N) is 1. The Labute approximate surface area is 62.1 Å². The summed E-state index contributed by atoms with van der Waals surface area (Å²) in [7, 11) is -4.01. The lowest BCUT2D eigenvalue weighted by Crippen LogP contribution is -2.12. The van der Waals surface area contributed by atoms with E-state index in [0.717, 1.165) is 6.21 Å². The van der Waals surface area contributed by atoms with E-state index in [-0.39, 0.29) is 5.70 Å². The maximum Gasteiger partial charge on any atom is 0.351 e. The Hall–Kier alpha value is -1.37. The number of hydrogen-bond acceptors (Lipinski definition) is 4. The number of carboxylic acid groups (broad SMARTS) is 1. The summed E-state index contributed by atoms with van der Waals surface area (Å²) < 4.78 is 24.3. The van der Waals surface area contributed by atoms with Gasteiger partial charge in [0.2, 0.25) is 0 Å². The minimum atomic E-state index is -4.01. The van der Waals surface area contributed by atoms with Crippen LogP contribution in [-0.2, 0) is 14.8 Å². The molecule has 0 atom stereocenters. The van der Waals surface area contributed by atoms with Crippen LogP contribution in [0.3, 0.4) is 0 Å². The molecule has 1 aliphatic rings. The molecule has 1 aliphatic heterocycles. The van der Waals surface area contributed by atoms with E-state index in [1.807, 2.05) is 0 Å². The Morgan fingerprint density at radius 1 is 1.64 bits per heavy atom. The minimum Gasteiger partial charge on any atom is -0.477 e. The normalized spacial score (nSPS) is 20.7. The molecule has 0 aromatic carbocycles. The molecular weight excluding hydrogens is 172 g/mol. The van der Waals surface area contributed by atoms with Gasteiger partial charge in [-0.25, -0.2) is 4.79 Å². The van der Waals surface area contributed by atoms with Crippen LogP contribution in [0.15, 0.2) is 15.0 Å². The number of nitrogens with zero attached hydrogens (tertiary/aromatic N) is 1. The third kappa shape index (κ3) is 1.09. The summed E-state index contributed by atoms with van der Waals surface area (Å²) >= 11 is 0. The van der Waals surface area contributed by atoms with Crippen LogP contribution in [0.25, 0.3) is 0 Å². The molecule has 0 aromatic heterocycles. The number of sulfonamides is 1. The standard InChI is InChI=1S/C4H4N2O4S/c5-2-1-6-11(9,10)3(2)4(7)8/h1H,5H2,(H,7,8). The van der Waals surface area contributed by atoms with E-state index >= 15 is 0 Å². The average molecular weight is 176 g/mol. The van der Waals surface area contributed by atoms with Crippen LogP contribution in [0.4, 0.5) is 0 Å². The molecule has 0 saturated carbocycles. The molecule has 1 rings (SSSR count). The maximum absolute atomic E-state index is 10.7. The molecule has 0 fully saturated rings. The Morgan fingerprint density at radius 3 is 2.36 bits per heavy atom. The molecule has 3 N–H and O–H groups in total. The zero-order valence-corrected chi connectivity index (χ0v) is 6.00. The van der Waals surface area contributed by atoms with Crippen molar-refractivity contribution >= 4 is 22.2 Å². The van der Waals surface area contributed by atoms with Crippen molar-refractivity contribution < 1.29 is 18.3 Å². The molecular formula is C4H4N2O4S. The van der Waals surface area contributed by atoms with E-state index < -0.39 is 20.9 Å². The number of carboxylic acids is 1. The fourth-order valence-electron chi connectivity index (χ4n) is 0.620. The first kappa shape index (κ1) is 7.73. The fraction of sp³-hybridized carbons (Fsp3) is 0. The first-order chi connectivity index (χ1) is 4.95. The highest BCUT2D eigenvalue weighted by Crippen LogP contribution is 2.16. The van der Waals surface area contributed by atoms with E-state index in [9.17, 15) is 13.2 Å². The first-order valence-electron chi connectivity index (χ1n) is 2.48. The molecule has 0 saturated heterocycles. The van der Waals surface area contributed by atoms with Crippen LogP contribution < -0.4 is 5.73 Å². The smallest absolute Gasteiger partial charge is 0.351 e. The number of carbonyl (C=O) groups is 1. The van der Waals surface area contributed by atoms with Crippen LogP contribution >= 0.6 is 0 Å². The summed E-state index contributed by atoms with van der Waals surface area (Å²) in [4.78, 5) is 9.38. The topological polar surface area (TPSA) is 110 Å². The summed E-state index contributed by atoms with van der Waals surface area (Å²) in [5.41, 5.74) is 4.69. The van der Waals surface area contributed by atoms with Gasteiger partial charge in [-0.15, -0.1) is 0 Å². The molecule has 0 aliphatic carbocycles. The molecule has 7 heteroatoms. The van der Waals surface area contributed by atoms with Crippen molar-refractivity contribution in [3.05, 3.63) is 10.6 Å². The molecule has 1 heterocycles. The summed E-state index contributed by atoms with van der Waals surface area (Å²) in [5, 5.41) is 8.32. The largest absolute Gasteiger partial charge is 0.477 e. The van der Waals surface area contributed by atoms with Crippen LogP contribution in [0, 0.1) is 0 Å². The third-order valence-electron chi connectivity index (χ3n) is 1.04. The minimum absolute atomic E-state index is 0.336. The Bertz CT molecular complexity index is 364. The Balaban J connectivity index is 3.35. The first-order valence-corrected chi connectivity index (χ1v) is 3.92. The van der Waals surface area contributed by atoms with Crippen molar-refractivity contribution in [2.24, 2.45) is 10.1 Å². The molecule has 11 heavy (non-hydrogen) atoms. The molecule has 0 unspecified atom stereocenters. The second-order valence-electron chi connectivity index (χ2n) is 1.80. The molecule has 0 bridgehead atoms. The van der Waals surface area contributed by atoms with Crippen molar-refractivity contribution in [2.75, 3.05) is 0 Å². The van der Waals surface area contributed by atoms with Crippen molar-refractivity contribution in [1.82, 2.24) is 0 Å². The van der Waals surface area contributed by atoms with Crippen LogP contribution in [-0.4, -0.2) is 25.7 Å². The zero-order valence-electron chi connectivity index (χ0n) is 5.18. The van der Waals surface area contributed by atoms with Gasteiger partial charge in [-0.05, 0) is 0 Å². The third-order valence-corrected chi connectivity index (χ3v) is 2.35. The van der Waals surface area contributed by atoms with Gasteiger partial charge in [-0.2, -0.15) is 12.8 Å². The molecule has 0 amide bonds. The highest BCUT2D eigenvalue weighted by Gasteiger charge is 2.30. The second kappa shape index (κ2) is 2.06. The molecule has 6 nitrogen and oxygen atoms in total. The van der Waals surface area contributed by atoms with E-state index in [0.29, 0.717) is 0 Å². The monoisotopic (exact) mass is 176 g/mol. The van der Waals surface area contributed by atoms with Crippen molar-refractivity contribution in [1.29, 1.82) is 0 Å². The predicted molar refractivity (Wildman–Crippen MR) is 36.3 cm³/mol. The SMILES string of the molecule is NC1=C(C(=O)O)S(=O)(=O)N=C1. The van der Waals surface area contributed by atoms with E-state index in [1.165, 1.54) is 0 Å². The van der Waals surface area contributed by atoms with Gasteiger partial charge in [0.15, 0.2) is 4.91 Å². The van der Waals surface area contributed by atoms with Crippen molar-refractivity contribution in [2.45, 2.75) is 0 Å². The number of rotatable bonds is 1. The summed E-state index contributed by atoms with van der Waals surface area (Å²) in [5.74, 6) is -1.58. The summed E-state index contributed by atoms with van der Waals surface area (Å²) in [6.07, 6.45) is 0.804. The molecule has 60 valence electrons. The van der Waals surface area contributed by atoms with Crippen molar-refractivity contribution in [3.63, 3.8) is 0 Å². The van der Waals surface area contributed by atoms with Gasteiger partial charge in [-0.1, -0.05) is 0 Å². The van der Waals surface area contributed by atoms with Gasteiger partial charge in [-0.3, -0.25) is 0 Å². The number of hydrogen-bond donors (Lipinski definition) is 2. The average Bonchev–Trinajstić information content (AvgIpc) is 2.06. The van der Waals surface area contributed by atoms with Crippen LogP contribution in [0.2, 0.25) is 0 Å². The highest BCUT2D eigenvalue weighted by atomic mass is 32.2. The second-order valence-corrected chi connectivity index (χ2v) is 3.37. The number of allylic oxidation sites excluding steroid dienone is 1. The van der Waals surface area contributed by atoms with Gasteiger partial charge in [0.1, 0.15) is 0 Å². The fourth-order valence-corrected chi connectivity index (χ4v) is 1.55. The molecule has 0 radical (unpaired) electrons. The van der Waals surface area contributed by atoms with Crippen molar-refractivity contribution in [3.8, 4) is 0 Å². The number of aliphatic carboxylic acids is 1. The zero-order chi connectivity index (χ0) is 8.65. The van der Waals surface area contributed by atoms with E-state index in [4.69, 9.17) is 10.8 Å². The van der Waals surface area contributed by atoms with E-state index in [2.05, 4.69) is 4.40 Å². The quantitative estimate of drug-likeness (QED) is 0.513. The molecule has 0 aromatic rings. The lowest BCUT2D eigenvalue weighted by Gasteiger charge is -1.92. The highest BCUT2D eigenvalue weighted by molar-refractivity contribution is 7.95. The summed E-state index contributed by atoms with van der Waals surface area (Å²) in [6.45, 7) is 0. The van der Waals surface area contributed by atoms with Gasteiger partial charge >= 0.3 is 5.97 Å². The maximum atomic E-state index is 10.7. The van der Waals surface area contributed by atoms with Gasteiger partial charge in [0.05, 0.1) is 11.9 Å². The van der Waals surface area contributed by atoms with Crippen LogP contribution in [0.5, 0.6) is 0 Å². The molecule has 0 spiro atoms. The van der Waals surface area contributed by atoms with Gasteiger partial charge in [0.25, 0.3) is 10.0 Å². The predicted octanol–water partition coefficient (Wildman–Crippen LogP) is -1.34. The lowest BCUT2D eigenvalue weighted by atomic mass is 10.4. The Kier molecular flexibility index (Phi) is 1.45. The van der Waals surface area contributed by atoms with E-state index in [1.54, 1.807) is 0 Å². The van der Waals surface area contributed by atoms with Gasteiger partial charge < -0.3 is 10.8 Å². The summed E-state index contributed by atoms with van der Waals surface area (Å²) in [6, 6.07) is 0. The lowest BCUT2D eigenvalue weighted by molar-refractivity contribution is -0.131. The van der Waals surface area contributed by atoms with Gasteiger partial charge in [0, 0.05) is 0 Å².